The van der Waals surface area contributed by atoms with Crippen molar-refractivity contribution in [2.75, 3.05) is 16.8 Å². The van der Waals surface area contributed by atoms with Gasteiger partial charge in [0.25, 0.3) is 0 Å². The van der Waals surface area contributed by atoms with Crippen molar-refractivity contribution in [3.63, 3.8) is 0 Å². The lowest BCUT2D eigenvalue weighted by molar-refractivity contribution is -0.122. The number of hydrogen-bond acceptors (Lipinski definition) is 4. The average molecular weight is 491 g/mol. The summed E-state index contributed by atoms with van der Waals surface area (Å²) in [7, 11) is -3.39. The molecule has 1 N–H and O–H groups in total. The lowest BCUT2D eigenvalue weighted by Gasteiger charge is -2.18. The maximum absolute atomic E-state index is 12.8. The molecule has 30 heavy (non-hydrogen) atoms. The van der Waals surface area contributed by atoms with Crippen LogP contribution in [0.3, 0.4) is 0 Å². The van der Waals surface area contributed by atoms with Crippen LogP contribution in [0.2, 0.25) is 0 Å². The number of carbonyl (C=O) groups excluding carboxylic acids is 2. The molecular weight excluding hydrogens is 468 g/mol. The Morgan fingerprint density at radius 1 is 1.07 bits per heavy atom. The maximum atomic E-state index is 12.8. The third-order valence-electron chi connectivity index (χ3n) is 5.81. The van der Waals surface area contributed by atoms with Crippen molar-refractivity contribution in [3.05, 3.63) is 53.0 Å². The van der Waals surface area contributed by atoms with Crippen LogP contribution in [0.25, 0.3) is 0 Å². The van der Waals surface area contributed by atoms with Gasteiger partial charge in [-0.15, -0.1) is 0 Å². The molecule has 2 aromatic carbocycles. The number of para-hydroxylation sites is 1. The van der Waals surface area contributed by atoms with E-state index in [0.29, 0.717) is 18.5 Å². The fourth-order valence-electron chi connectivity index (χ4n) is 4.17. The minimum atomic E-state index is -3.39. The molecule has 0 radical (unpaired) electrons. The summed E-state index contributed by atoms with van der Waals surface area (Å²) in [6.45, 7) is 0.285. The molecule has 4 rings (SSSR count). The average Bonchev–Trinajstić information content (AvgIpc) is 3.39. The molecule has 1 aliphatic carbocycles. The molecule has 1 saturated carbocycles. The van der Waals surface area contributed by atoms with Crippen molar-refractivity contribution in [2.45, 2.75) is 42.2 Å². The SMILES string of the molecule is O=C(Nc1cccc(S(=O)(=O)C2CCCC2)c1)C1CC(=O)N(c2ccccc2Br)C1. The second-order valence-electron chi connectivity index (χ2n) is 7.83. The molecule has 0 bridgehead atoms. The Morgan fingerprint density at radius 3 is 2.53 bits per heavy atom. The number of halogens is 1. The zero-order valence-corrected chi connectivity index (χ0v) is 18.8. The molecule has 158 valence electrons. The van der Waals surface area contributed by atoms with E-state index in [2.05, 4.69) is 21.2 Å². The number of carbonyl (C=O) groups is 2. The van der Waals surface area contributed by atoms with Crippen LogP contribution < -0.4 is 10.2 Å². The summed E-state index contributed by atoms with van der Waals surface area (Å²) < 4.78 is 26.5. The smallest absolute Gasteiger partial charge is 0.229 e. The molecular formula is C22H23BrN2O4S. The Balaban J connectivity index is 1.47. The second-order valence-corrected chi connectivity index (χ2v) is 10.9. The molecule has 1 atom stereocenters. The van der Waals surface area contributed by atoms with Gasteiger partial charge in [-0.2, -0.15) is 0 Å². The molecule has 1 saturated heterocycles. The predicted octanol–water partition coefficient (Wildman–Crippen LogP) is 4.16. The number of sulfone groups is 1. The highest BCUT2D eigenvalue weighted by atomic mass is 79.9. The highest BCUT2D eigenvalue weighted by Gasteiger charge is 2.36. The summed E-state index contributed by atoms with van der Waals surface area (Å²) >= 11 is 3.45. The van der Waals surface area contributed by atoms with Crippen LogP contribution in [0, 0.1) is 5.92 Å². The van der Waals surface area contributed by atoms with E-state index in [1.807, 2.05) is 24.3 Å². The van der Waals surface area contributed by atoms with Crippen LogP contribution in [0.5, 0.6) is 0 Å². The number of rotatable bonds is 5. The van der Waals surface area contributed by atoms with E-state index in [0.717, 1.165) is 23.0 Å². The molecule has 1 aliphatic heterocycles. The zero-order chi connectivity index (χ0) is 21.3. The van der Waals surface area contributed by atoms with E-state index in [1.54, 1.807) is 23.1 Å². The number of anilines is 2. The Morgan fingerprint density at radius 2 is 1.80 bits per heavy atom. The van der Waals surface area contributed by atoms with Gasteiger partial charge in [0, 0.05) is 23.1 Å². The van der Waals surface area contributed by atoms with Crippen LogP contribution in [-0.2, 0) is 19.4 Å². The molecule has 2 amide bonds. The Kier molecular flexibility index (Phi) is 5.97. The lowest BCUT2D eigenvalue weighted by Crippen LogP contribution is -2.28. The van der Waals surface area contributed by atoms with E-state index in [9.17, 15) is 18.0 Å². The fourth-order valence-corrected chi connectivity index (χ4v) is 6.57. The second kappa shape index (κ2) is 8.51. The first-order chi connectivity index (χ1) is 14.4. The van der Waals surface area contributed by atoms with Crippen molar-refractivity contribution in [2.24, 2.45) is 5.92 Å². The maximum Gasteiger partial charge on any atom is 0.229 e. The minimum Gasteiger partial charge on any atom is -0.326 e. The first kappa shape index (κ1) is 21.1. The molecule has 2 fully saturated rings. The number of hydrogen-bond donors (Lipinski definition) is 1. The predicted molar refractivity (Wildman–Crippen MR) is 119 cm³/mol. The van der Waals surface area contributed by atoms with Crippen molar-refractivity contribution < 1.29 is 18.0 Å². The summed E-state index contributed by atoms with van der Waals surface area (Å²) in [5, 5.41) is 2.46. The van der Waals surface area contributed by atoms with Gasteiger partial charge in [0.15, 0.2) is 9.84 Å². The van der Waals surface area contributed by atoms with Gasteiger partial charge in [0.2, 0.25) is 11.8 Å². The van der Waals surface area contributed by atoms with E-state index >= 15 is 0 Å². The highest BCUT2D eigenvalue weighted by Crippen LogP contribution is 2.33. The molecule has 0 spiro atoms. The third kappa shape index (κ3) is 4.16. The zero-order valence-electron chi connectivity index (χ0n) is 16.4. The van der Waals surface area contributed by atoms with Crippen molar-refractivity contribution in [1.82, 2.24) is 0 Å². The molecule has 1 unspecified atom stereocenters. The van der Waals surface area contributed by atoms with Crippen molar-refractivity contribution in [3.8, 4) is 0 Å². The first-order valence-corrected chi connectivity index (χ1v) is 12.4. The van der Waals surface area contributed by atoms with Gasteiger partial charge >= 0.3 is 0 Å². The Bertz CT molecular complexity index is 1080. The molecule has 1 heterocycles. The third-order valence-corrected chi connectivity index (χ3v) is 8.74. The van der Waals surface area contributed by atoms with Gasteiger partial charge in [0.1, 0.15) is 0 Å². The summed E-state index contributed by atoms with van der Waals surface area (Å²) in [5.41, 5.74) is 1.17. The summed E-state index contributed by atoms with van der Waals surface area (Å²) in [5.74, 6) is -0.896. The van der Waals surface area contributed by atoms with E-state index < -0.39 is 15.8 Å². The fraction of sp³-hybridized carbons (Fsp3) is 0.364. The van der Waals surface area contributed by atoms with Gasteiger partial charge in [-0.05, 0) is 59.1 Å². The largest absolute Gasteiger partial charge is 0.326 e. The molecule has 8 heteroatoms. The number of nitrogens with zero attached hydrogens (tertiary/aromatic N) is 1. The van der Waals surface area contributed by atoms with Gasteiger partial charge < -0.3 is 10.2 Å². The number of amides is 2. The van der Waals surface area contributed by atoms with Gasteiger partial charge in [-0.25, -0.2) is 8.42 Å². The Labute approximate surface area is 184 Å². The van der Waals surface area contributed by atoms with Crippen LogP contribution in [0.4, 0.5) is 11.4 Å². The number of nitrogens with one attached hydrogen (secondary N) is 1. The molecule has 6 nitrogen and oxygen atoms in total. The minimum absolute atomic E-state index is 0.111. The van der Waals surface area contributed by atoms with Crippen LogP contribution in [0.15, 0.2) is 57.9 Å². The van der Waals surface area contributed by atoms with Crippen LogP contribution in [0.1, 0.15) is 32.1 Å². The van der Waals surface area contributed by atoms with Crippen molar-refractivity contribution >= 4 is 49.0 Å². The normalized spacial score (nSPS) is 20.0. The first-order valence-electron chi connectivity index (χ1n) is 10.1. The quantitative estimate of drug-likeness (QED) is 0.681. The summed E-state index contributed by atoms with van der Waals surface area (Å²) in [6.07, 6.45) is 3.36. The van der Waals surface area contributed by atoms with E-state index in [4.69, 9.17) is 0 Å². The van der Waals surface area contributed by atoms with Gasteiger partial charge in [0.05, 0.1) is 21.8 Å². The van der Waals surface area contributed by atoms with E-state index in [-0.39, 0.29) is 34.9 Å². The number of benzene rings is 2. The summed E-state index contributed by atoms with van der Waals surface area (Å²) in [6, 6.07) is 13.8. The van der Waals surface area contributed by atoms with Gasteiger partial charge in [-0.3, -0.25) is 9.59 Å². The van der Waals surface area contributed by atoms with Crippen LogP contribution in [-0.4, -0.2) is 32.0 Å². The van der Waals surface area contributed by atoms with Crippen molar-refractivity contribution in [1.29, 1.82) is 0 Å². The van der Waals surface area contributed by atoms with Gasteiger partial charge in [-0.1, -0.05) is 31.0 Å². The molecule has 2 aliphatic rings. The molecule has 0 aromatic heterocycles. The standard InChI is InChI=1S/C22H23BrN2O4S/c23-19-10-3-4-11-20(19)25-14-15(12-21(25)26)22(27)24-16-6-5-9-18(13-16)30(28,29)17-7-1-2-8-17/h3-6,9-11,13,15,17H,1-2,7-8,12,14H2,(H,24,27). The Hall–Kier alpha value is -2.19. The lowest BCUT2D eigenvalue weighted by atomic mass is 10.1. The monoisotopic (exact) mass is 490 g/mol. The molecule has 2 aromatic rings. The highest BCUT2D eigenvalue weighted by molar-refractivity contribution is 9.10. The topological polar surface area (TPSA) is 83.5 Å². The van der Waals surface area contributed by atoms with Crippen LogP contribution >= 0.6 is 15.9 Å². The summed E-state index contributed by atoms with van der Waals surface area (Å²) in [4.78, 5) is 27.1. The van der Waals surface area contributed by atoms with E-state index in [1.165, 1.54) is 6.07 Å².